The summed E-state index contributed by atoms with van der Waals surface area (Å²) in [6, 6.07) is 8.85. The Balaban J connectivity index is 2.20. The molecule has 0 fully saturated rings. The Hall–Kier alpha value is -2.07. The van der Waals surface area contributed by atoms with Gasteiger partial charge < -0.3 is 9.84 Å². The topological polar surface area (TPSA) is 46.5 Å². The number of benzene rings is 2. The lowest BCUT2D eigenvalue weighted by Crippen LogP contribution is -2.04. The Morgan fingerprint density at radius 1 is 1.30 bits per heavy atom. The second-order valence-corrected chi connectivity index (χ2v) is 4.74. The van der Waals surface area contributed by atoms with Gasteiger partial charge in [-0.15, -0.1) is 0 Å². The Bertz CT molecular complexity index is 656. The number of halogens is 2. The minimum absolute atomic E-state index is 0.107. The third-order valence-corrected chi connectivity index (χ3v) is 3.12. The molecule has 0 spiro atoms. The summed E-state index contributed by atoms with van der Waals surface area (Å²) in [5.74, 6) is -1.76. The van der Waals surface area contributed by atoms with E-state index in [9.17, 15) is 9.18 Å². The molecule has 0 aromatic heterocycles. The predicted molar refractivity (Wildman–Crippen MR) is 73.9 cm³/mol. The van der Waals surface area contributed by atoms with Gasteiger partial charge in [0.25, 0.3) is 0 Å². The van der Waals surface area contributed by atoms with Crippen LogP contribution in [0.5, 0.6) is 5.75 Å². The van der Waals surface area contributed by atoms with Gasteiger partial charge >= 0.3 is 5.97 Å². The van der Waals surface area contributed by atoms with Gasteiger partial charge in [0.05, 0.1) is 0 Å². The first-order valence-electron chi connectivity index (χ1n) is 5.88. The zero-order valence-electron chi connectivity index (χ0n) is 10.7. The van der Waals surface area contributed by atoms with Crippen molar-refractivity contribution in [3.8, 4) is 5.75 Å². The molecule has 0 aliphatic carbocycles. The standard InChI is InChI=1S/C15H12ClFO3/c1-9-2-3-10(13(16)6-9)8-20-14-5-4-11(17)7-12(14)15(18)19/h2-7H,8H2,1H3,(H,18,19). The summed E-state index contributed by atoms with van der Waals surface area (Å²) in [7, 11) is 0. The molecule has 0 aliphatic heterocycles. The number of rotatable bonds is 4. The van der Waals surface area contributed by atoms with Gasteiger partial charge in [0.15, 0.2) is 0 Å². The van der Waals surface area contributed by atoms with Crippen LogP contribution < -0.4 is 4.74 Å². The Morgan fingerprint density at radius 3 is 2.70 bits per heavy atom. The van der Waals surface area contributed by atoms with Gasteiger partial charge in [-0.3, -0.25) is 0 Å². The van der Waals surface area contributed by atoms with Crippen LogP contribution in [0.3, 0.4) is 0 Å². The lowest BCUT2D eigenvalue weighted by Gasteiger charge is -2.10. The molecule has 0 heterocycles. The highest BCUT2D eigenvalue weighted by Crippen LogP contribution is 2.23. The van der Waals surface area contributed by atoms with Crippen molar-refractivity contribution in [1.82, 2.24) is 0 Å². The maximum absolute atomic E-state index is 13.0. The molecule has 0 saturated carbocycles. The number of aryl methyl sites for hydroxylation is 1. The van der Waals surface area contributed by atoms with Crippen LogP contribution in [0.1, 0.15) is 21.5 Å². The van der Waals surface area contributed by atoms with E-state index in [-0.39, 0.29) is 17.9 Å². The molecule has 0 saturated heterocycles. The zero-order valence-corrected chi connectivity index (χ0v) is 11.4. The fourth-order valence-electron chi connectivity index (χ4n) is 1.72. The van der Waals surface area contributed by atoms with Crippen molar-refractivity contribution in [3.05, 3.63) is 63.9 Å². The van der Waals surface area contributed by atoms with E-state index in [2.05, 4.69) is 0 Å². The minimum Gasteiger partial charge on any atom is -0.488 e. The summed E-state index contributed by atoms with van der Waals surface area (Å²) < 4.78 is 18.5. The molecular formula is C15H12ClFO3. The molecule has 3 nitrogen and oxygen atoms in total. The molecule has 1 N–H and O–H groups in total. The van der Waals surface area contributed by atoms with Crippen LogP contribution in [0.25, 0.3) is 0 Å². The van der Waals surface area contributed by atoms with Gasteiger partial charge in [-0.05, 0) is 36.8 Å². The molecule has 0 unspecified atom stereocenters. The van der Waals surface area contributed by atoms with E-state index in [4.69, 9.17) is 21.4 Å². The summed E-state index contributed by atoms with van der Waals surface area (Å²) in [4.78, 5) is 11.0. The highest BCUT2D eigenvalue weighted by atomic mass is 35.5. The van der Waals surface area contributed by atoms with Crippen LogP contribution in [0.2, 0.25) is 5.02 Å². The largest absolute Gasteiger partial charge is 0.488 e. The maximum Gasteiger partial charge on any atom is 0.339 e. The van der Waals surface area contributed by atoms with Crippen molar-refractivity contribution in [2.24, 2.45) is 0 Å². The smallest absolute Gasteiger partial charge is 0.339 e. The second-order valence-electron chi connectivity index (χ2n) is 4.33. The number of ether oxygens (including phenoxy) is 1. The lowest BCUT2D eigenvalue weighted by molar-refractivity contribution is 0.0691. The molecule has 2 rings (SSSR count). The van der Waals surface area contributed by atoms with Gasteiger partial charge in [0, 0.05) is 10.6 Å². The zero-order chi connectivity index (χ0) is 14.7. The Kier molecular flexibility index (Phi) is 4.25. The highest BCUT2D eigenvalue weighted by molar-refractivity contribution is 6.31. The number of hydrogen-bond donors (Lipinski definition) is 1. The van der Waals surface area contributed by atoms with Crippen LogP contribution in [-0.2, 0) is 6.61 Å². The summed E-state index contributed by atoms with van der Waals surface area (Å²) >= 11 is 6.07. The quantitative estimate of drug-likeness (QED) is 0.925. The van der Waals surface area contributed by atoms with Crippen molar-refractivity contribution >= 4 is 17.6 Å². The van der Waals surface area contributed by atoms with Crippen molar-refractivity contribution in [2.45, 2.75) is 13.5 Å². The summed E-state index contributed by atoms with van der Waals surface area (Å²) in [6.45, 7) is 2.03. The van der Waals surface area contributed by atoms with Crippen molar-refractivity contribution < 1.29 is 19.0 Å². The molecule has 2 aromatic rings. The summed E-state index contributed by atoms with van der Waals surface area (Å²) in [5, 5.41) is 9.55. The first-order chi connectivity index (χ1) is 9.47. The van der Waals surface area contributed by atoms with Crippen LogP contribution in [0.15, 0.2) is 36.4 Å². The van der Waals surface area contributed by atoms with E-state index in [1.54, 1.807) is 6.07 Å². The maximum atomic E-state index is 13.0. The molecule has 0 atom stereocenters. The Labute approximate surface area is 120 Å². The molecule has 0 bridgehead atoms. The Morgan fingerprint density at radius 2 is 2.05 bits per heavy atom. The molecule has 20 heavy (non-hydrogen) atoms. The number of carbonyl (C=O) groups is 1. The number of aromatic carboxylic acids is 1. The van der Waals surface area contributed by atoms with E-state index in [1.165, 1.54) is 6.07 Å². The van der Waals surface area contributed by atoms with Crippen molar-refractivity contribution in [1.29, 1.82) is 0 Å². The molecule has 0 amide bonds. The third-order valence-electron chi connectivity index (χ3n) is 2.76. The van der Waals surface area contributed by atoms with E-state index in [1.807, 2.05) is 19.1 Å². The molecule has 5 heteroatoms. The van der Waals surface area contributed by atoms with Gasteiger partial charge in [-0.25, -0.2) is 9.18 Å². The van der Waals surface area contributed by atoms with Crippen LogP contribution >= 0.6 is 11.6 Å². The van der Waals surface area contributed by atoms with Crippen molar-refractivity contribution in [3.63, 3.8) is 0 Å². The molecular weight excluding hydrogens is 283 g/mol. The van der Waals surface area contributed by atoms with Gasteiger partial charge in [-0.1, -0.05) is 23.7 Å². The molecule has 0 radical (unpaired) electrons. The second kappa shape index (κ2) is 5.92. The van der Waals surface area contributed by atoms with E-state index in [0.29, 0.717) is 5.02 Å². The first kappa shape index (κ1) is 14.3. The minimum atomic E-state index is -1.24. The average Bonchev–Trinajstić information content (AvgIpc) is 2.38. The summed E-state index contributed by atoms with van der Waals surface area (Å²) in [5.41, 5.74) is 1.54. The average molecular weight is 295 g/mol. The van der Waals surface area contributed by atoms with Gasteiger partial charge in [-0.2, -0.15) is 0 Å². The molecule has 2 aromatic carbocycles. The number of hydrogen-bond acceptors (Lipinski definition) is 2. The first-order valence-corrected chi connectivity index (χ1v) is 6.26. The predicted octanol–water partition coefficient (Wildman–Crippen LogP) is 4.06. The number of carboxylic acid groups (broad SMARTS) is 1. The van der Waals surface area contributed by atoms with E-state index in [0.717, 1.165) is 23.3 Å². The van der Waals surface area contributed by atoms with Crippen LogP contribution in [0, 0.1) is 12.7 Å². The molecule has 104 valence electrons. The fourth-order valence-corrected chi connectivity index (χ4v) is 2.01. The van der Waals surface area contributed by atoms with E-state index >= 15 is 0 Å². The highest BCUT2D eigenvalue weighted by Gasteiger charge is 2.13. The van der Waals surface area contributed by atoms with Crippen LogP contribution in [-0.4, -0.2) is 11.1 Å². The summed E-state index contributed by atoms with van der Waals surface area (Å²) in [6.07, 6.45) is 0. The number of carboxylic acids is 1. The normalized spacial score (nSPS) is 10.3. The monoisotopic (exact) mass is 294 g/mol. The van der Waals surface area contributed by atoms with Crippen LogP contribution in [0.4, 0.5) is 4.39 Å². The molecule has 0 aliphatic rings. The van der Waals surface area contributed by atoms with Gasteiger partial charge in [0.2, 0.25) is 0 Å². The van der Waals surface area contributed by atoms with Crippen molar-refractivity contribution in [2.75, 3.05) is 0 Å². The van der Waals surface area contributed by atoms with E-state index < -0.39 is 11.8 Å². The van der Waals surface area contributed by atoms with Gasteiger partial charge in [0.1, 0.15) is 23.7 Å². The third kappa shape index (κ3) is 3.27. The SMILES string of the molecule is Cc1ccc(COc2ccc(F)cc2C(=O)O)c(Cl)c1. The lowest BCUT2D eigenvalue weighted by atomic mass is 10.1. The fraction of sp³-hybridized carbons (Fsp3) is 0.133.